The van der Waals surface area contributed by atoms with Crippen molar-refractivity contribution in [3.63, 3.8) is 0 Å². The predicted molar refractivity (Wildman–Crippen MR) is 75.5 cm³/mol. The molecule has 2 N–H and O–H groups in total. The fourth-order valence-electron chi connectivity index (χ4n) is 2.86. The van der Waals surface area contributed by atoms with E-state index in [1.807, 2.05) is 20.8 Å². The summed E-state index contributed by atoms with van der Waals surface area (Å²) in [7, 11) is 0. The molecule has 0 aliphatic carbocycles. The first-order valence-electron chi connectivity index (χ1n) is 7.27. The van der Waals surface area contributed by atoms with Crippen molar-refractivity contribution in [2.24, 2.45) is 5.41 Å². The lowest BCUT2D eigenvalue weighted by molar-refractivity contribution is -0.148. The Hall–Kier alpha value is -1.30. The third kappa shape index (κ3) is 3.42. The number of amides is 2. The highest BCUT2D eigenvalue weighted by Crippen LogP contribution is 2.36. The lowest BCUT2D eigenvalue weighted by Crippen LogP contribution is -2.48. The Morgan fingerprint density at radius 2 is 2.05 bits per heavy atom. The van der Waals surface area contributed by atoms with E-state index in [2.05, 4.69) is 0 Å². The summed E-state index contributed by atoms with van der Waals surface area (Å²) in [5, 5.41) is 18.5. The topological polar surface area (TPSA) is 81.1 Å². The van der Waals surface area contributed by atoms with E-state index in [0.717, 1.165) is 6.42 Å². The highest BCUT2D eigenvalue weighted by molar-refractivity contribution is 5.80. The first-order valence-corrected chi connectivity index (χ1v) is 7.27. The van der Waals surface area contributed by atoms with Gasteiger partial charge in [-0.15, -0.1) is 0 Å². The molecule has 1 aliphatic heterocycles. The Kier molecular flexibility index (Phi) is 5.80. The number of aliphatic hydroxyl groups excluding tert-OH is 1. The summed E-state index contributed by atoms with van der Waals surface area (Å²) in [5.74, 6) is -0.812. The van der Waals surface area contributed by atoms with Gasteiger partial charge in [0.1, 0.15) is 0 Å². The van der Waals surface area contributed by atoms with Gasteiger partial charge in [0.25, 0.3) is 0 Å². The second-order valence-electron chi connectivity index (χ2n) is 5.80. The average molecular weight is 286 g/mol. The molecule has 0 aromatic rings. The largest absolute Gasteiger partial charge is 0.481 e. The quantitative estimate of drug-likeness (QED) is 0.773. The van der Waals surface area contributed by atoms with E-state index in [1.54, 1.807) is 9.80 Å². The molecule has 2 amide bonds. The number of carboxylic acid groups (broad SMARTS) is 1. The molecule has 0 radical (unpaired) electrons. The van der Waals surface area contributed by atoms with Crippen molar-refractivity contribution in [1.82, 2.24) is 9.80 Å². The number of carboxylic acids is 1. The summed E-state index contributed by atoms with van der Waals surface area (Å²) in [6, 6.07) is -0.186. The van der Waals surface area contributed by atoms with Crippen molar-refractivity contribution in [1.29, 1.82) is 0 Å². The number of likely N-dealkylation sites (tertiary alicyclic amines) is 1. The van der Waals surface area contributed by atoms with Gasteiger partial charge < -0.3 is 20.0 Å². The molecule has 0 aromatic heterocycles. The van der Waals surface area contributed by atoms with Crippen LogP contribution in [0.25, 0.3) is 0 Å². The zero-order chi connectivity index (χ0) is 15.3. The Labute approximate surface area is 120 Å². The molecule has 6 nitrogen and oxygen atoms in total. The molecule has 1 unspecified atom stereocenters. The normalized spacial score (nSPS) is 22.4. The van der Waals surface area contributed by atoms with Crippen LogP contribution < -0.4 is 0 Å². The third-order valence-electron chi connectivity index (χ3n) is 4.02. The summed E-state index contributed by atoms with van der Waals surface area (Å²) >= 11 is 0. The minimum absolute atomic E-state index is 0.0133. The van der Waals surface area contributed by atoms with Crippen molar-refractivity contribution >= 4 is 12.0 Å². The van der Waals surface area contributed by atoms with Gasteiger partial charge in [-0.1, -0.05) is 13.3 Å². The number of urea groups is 1. The van der Waals surface area contributed by atoms with Gasteiger partial charge >= 0.3 is 12.0 Å². The highest BCUT2D eigenvalue weighted by atomic mass is 16.4. The van der Waals surface area contributed by atoms with Crippen molar-refractivity contribution < 1.29 is 19.8 Å². The van der Waals surface area contributed by atoms with E-state index >= 15 is 0 Å². The SMILES string of the molecule is CCCC1(C(=O)O)CCN(C(=O)N(CCO)C(C)C)C1. The van der Waals surface area contributed by atoms with Crippen LogP contribution in [0.1, 0.15) is 40.0 Å². The zero-order valence-electron chi connectivity index (χ0n) is 12.6. The summed E-state index contributed by atoms with van der Waals surface area (Å²) < 4.78 is 0. The average Bonchev–Trinajstić information content (AvgIpc) is 2.81. The van der Waals surface area contributed by atoms with Gasteiger partial charge in [0.05, 0.1) is 12.0 Å². The van der Waals surface area contributed by atoms with Gasteiger partial charge in [-0.3, -0.25) is 4.79 Å². The fourth-order valence-corrected chi connectivity index (χ4v) is 2.86. The Balaban J connectivity index is 2.79. The number of aliphatic carboxylic acids is 1. The summed E-state index contributed by atoms with van der Waals surface area (Å²) in [4.78, 5) is 27.2. The predicted octanol–water partition coefficient (Wildman–Crippen LogP) is 1.39. The van der Waals surface area contributed by atoms with Gasteiger partial charge in [-0.05, 0) is 26.7 Å². The molecule has 0 saturated carbocycles. The second-order valence-corrected chi connectivity index (χ2v) is 5.80. The molecule has 6 heteroatoms. The minimum atomic E-state index is -0.812. The molecule has 1 saturated heterocycles. The maximum atomic E-state index is 12.4. The highest BCUT2D eigenvalue weighted by Gasteiger charge is 2.46. The third-order valence-corrected chi connectivity index (χ3v) is 4.02. The molecular weight excluding hydrogens is 260 g/mol. The molecule has 1 fully saturated rings. The minimum Gasteiger partial charge on any atom is -0.481 e. The molecule has 0 aromatic carbocycles. The lowest BCUT2D eigenvalue weighted by Gasteiger charge is -2.31. The maximum absolute atomic E-state index is 12.4. The molecule has 0 bridgehead atoms. The van der Waals surface area contributed by atoms with Crippen LogP contribution in [0.4, 0.5) is 4.79 Å². The van der Waals surface area contributed by atoms with Crippen LogP contribution in [0.2, 0.25) is 0 Å². The monoisotopic (exact) mass is 286 g/mol. The van der Waals surface area contributed by atoms with E-state index in [0.29, 0.717) is 19.4 Å². The van der Waals surface area contributed by atoms with E-state index in [1.165, 1.54) is 0 Å². The molecule has 1 rings (SSSR count). The van der Waals surface area contributed by atoms with Crippen LogP contribution in [0.15, 0.2) is 0 Å². The van der Waals surface area contributed by atoms with Crippen LogP contribution in [0, 0.1) is 5.41 Å². The van der Waals surface area contributed by atoms with E-state index < -0.39 is 11.4 Å². The fraction of sp³-hybridized carbons (Fsp3) is 0.857. The van der Waals surface area contributed by atoms with Crippen LogP contribution in [-0.4, -0.2) is 64.3 Å². The first kappa shape index (κ1) is 16.8. The standard InChI is InChI=1S/C14H26N2O4/c1-4-5-14(12(18)19)6-7-15(10-14)13(20)16(8-9-17)11(2)3/h11,17H,4-10H2,1-3H3,(H,18,19). The van der Waals surface area contributed by atoms with Crippen molar-refractivity contribution in [3.8, 4) is 0 Å². The zero-order valence-corrected chi connectivity index (χ0v) is 12.6. The number of hydrogen-bond donors (Lipinski definition) is 2. The molecule has 116 valence electrons. The Morgan fingerprint density at radius 3 is 2.50 bits per heavy atom. The Morgan fingerprint density at radius 1 is 1.40 bits per heavy atom. The van der Waals surface area contributed by atoms with Crippen LogP contribution >= 0.6 is 0 Å². The molecule has 1 atom stereocenters. The van der Waals surface area contributed by atoms with Crippen LogP contribution in [-0.2, 0) is 4.79 Å². The summed E-state index contributed by atoms with van der Waals surface area (Å²) in [6.07, 6.45) is 1.89. The number of nitrogens with zero attached hydrogens (tertiary/aromatic N) is 2. The van der Waals surface area contributed by atoms with E-state index in [9.17, 15) is 14.7 Å². The molecule has 1 heterocycles. The van der Waals surface area contributed by atoms with Crippen LogP contribution in [0.3, 0.4) is 0 Å². The number of aliphatic hydroxyl groups is 1. The van der Waals surface area contributed by atoms with Gasteiger partial charge in [0, 0.05) is 25.7 Å². The molecule has 20 heavy (non-hydrogen) atoms. The smallest absolute Gasteiger partial charge is 0.320 e. The number of carbonyl (C=O) groups is 2. The van der Waals surface area contributed by atoms with Crippen molar-refractivity contribution in [2.45, 2.75) is 46.1 Å². The number of carbonyl (C=O) groups excluding carboxylic acids is 1. The molecule has 0 spiro atoms. The van der Waals surface area contributed by atoms with Crippen molar-refractivity contribution in [3.05, 3.63) is 0 Å². The number of hydrogen-bond acceptors (Lipinski definition) is 3. The van der Waals surface area contributed by atoms with Crippen molar-refractivity contribution in [2.75, 3.05) is 26.2 Å². The van der Waals surface area contributed by atoms with E-state index in [-0.39, 0.29) is 31.8 Å². The van der Waals surface area contributed by atoms with Gasteiger partial charge in [-0.25, -0.2) is 4.79 Å². The second kappa shape index (κ2) is 6.92. The lowest BCUT2D eigenvalue weighted by atomic mass is 9.83. The van der Waals surface area contributed by atoms with Gasteiger partial charge in [-0.2, -0.15) is 0 Å². The Bertz CT molecular complexity index is 359. The first-order chi connectivity index (χ1) is 9.38. The van der Waals surface area contributed by atoms with Gasteiger partial charge in [0.2, 0.25) is 0 Å². The maximum Gasteiger partial charge on any atom is 0.320 e. The van der Waals surface area contributed by atoms with Crippen LogP contribution in [0.5, 0.6) is 0 Å². The summed E-state index contributed by atoms with van der Waals surface area (Å²) in [6.45, 7) is 6.67. The summed E-state index contributed by atoms with van der Waals surface area (Å²) in [5.41, 5.74) is -0.799. The van der Waals surface area contributed by atoms with Gasteiger partial charge in [0.15, 0.2) is 0 Å². The molecule has 1 aliphatic rings. The molecular formula is C14H26N2O4. The number of rotatable bonds is 6. The van der Waals surface area contributed by atoms with E-state index in [4.69, 9.17) is 5.11 Å².